The van der Waals surface area contributed by atoms with E-state index < -0.39 is 11.8 Å². The van der Waals surface area contributed by atoms with Gasteiger partial charge in [-0.2, -0.15) is 0 Å². The molecule has 36 heavy (non-hydrogen) atoms. The summed E-state index contributed by atoms with van der Waals surface area (Å²) in [6.07, 6.45) is 1.59. The van der Waals surface area contributed by atoms with Crippen molar-refractivity contribution in [3.63, 3.8) is 0 Å². The lowest BCUT2D eigenvalue weighted by molar-refractivity contribution is 0.0944. The number of carbonyl (C=O) groups is 2. The number of halogens is 1. The predicted molar refractivity (Wildman–Crippen MR) is 140 cm³/mol. The lowest BCUT2D eigenvalue weighted by Gasteiger charge is -2.32. The van der Waals surface area contributed by atoms with Crippen molar-refractivity contribution in [3.05, 3.63) is 89.2 Å². The van der Waals surface area contributed by atoms with Crippen molar-refractivity contribution < 1.29 is 18.7 Å². The third kappa shape index (κ3) is 6.40. The van der Waals surface area contributed by atoms with Gasteiger partial charge in [-0.1, -0.05) is 36.4 Å². The van der Waals surface area contributed by atoms with E-state index in [-0.39, 0.29) is 11.6 Å². The second-order valence-electron chi connectivity index (χ2n) is 8.54. The summed E-state index contributed by atoms with van der Waals surface area (Å²) in [4.78, 5) is 27.9. The van der Waals surface area contributed by atoms with Crippen LogP contribution in [-0.2, 0) is 17.7 Å². The van der Waals surface area contributed by atoms with E-state index in [0.29, 0.717) is 44.0 Å². The second-order valence-corrected chi connectivity index (χ2v) is 8.54. The molecule has 1 heterocycles. The first-order valence-electron chi connectivity index (χ1n) is 12.2. The van der Waals surface area contributed by atoms with Crippen LogP contribution in [-0.4, -0.2) is 38.2 Å². The first-order valence-corrected chi connectivity index (χ1v) is 12.2. The number of urea groups is 1. The van der Waals surface area contributed by atoms with Gasteiger partial charge < -0.3 is 25.6 Å². The average Bonchev–Trinajstić information content (AvgIpc) is 2.89. The highest BCUT2D eigenvalue weighted by Crippen LogP contribution is 2.30. The van der Waals surface area contributed by atoms with Gasteiger partial charge in [-0.3, -0.25) is 4.79 Å². The molecule has 3 N–H and O–H groups in total. The normalized spacial score (nSPS) is 12.6. The number of benzene rings is 3. The molecule has 0 bridgehead atoms. The molecule has 0 aromatic heterocycles. The zero-order valence-electron chi connectivity index (χ0n) is 20.4. The first-order chi connectivity index (χ1) is 17.5. The van der Waals surface area contributed by atoms with Crippen molar-refractivity contribution in [1.29, 1.82) is 0 Å². The summed E-state index contributed by atoms with van der Waals surface area (Å²) in [6, 6.07) is 18.9. The van der Waals surface area contributed by atoms with Gasteiger partial charge in [-0.15, -0.1) is 0 Å². The van der Waals surface area contributed by atoms with Gasteiger partial charge in [0.25, 0.3) is 5.91 Å². The minimum absolute atomic E-state index is 0.0749. The SMILES string of the molecule is CCOCCCNC(=O)c1cc(NC(=O)Nc2ccccc2F)ccc1N1CCc2ccccc2C1. The van der Waals surface area contributed by atoms with Crippen LogP contribution >= 0.6 is 0 Å². The number of para-hydroxylation sites is 1. The van der Waals surface area contributed by atoms with Gasteiger partial charge in [0.2, 0.25) is 0 Å². The highest BCUT2D eigenvalue weighted by atomic mass is 19.1. The molecular formula is C28H31FN4O3. The highest BCUT2D eigenvalue weighted by molar-refractivity contribution is 6.04. The fourth-order valence-electron chi connectivity index (χ4n) is 4.24. The first kappa shape index (κ1) is 25.2. The molecule has 3 aromatic carbocycles. The standard InChI is InChI=1S/C28H31FN4O3/c1-2-36-17-7-15-30-27(34)23-18-22(31-28(35)32-25-11-6-5-10-24(25)29)12-13-26(23)33-16-14-20-8-3-4-9-21(20)19-33/h3-6,8-13,18H,2,7,14-17,19H2,1H3,(H,30,34)(H2,31,32,35). The molecule has 0 atom stereocenters. The second kappa shape index (κ2) is 12.2. The summed E-state index contributed by atoms with van der Waals surface area (Å²) in [5, 5.41) is 8.17. The molecule has 3 amide bonds. The molecule has 0 spiro atoms. The number of hydrogen-bond donors (Lipinski definition) is 3. The van der Waals surface area contributed by atoms with Crippen LogP contribution in [0.5, 0.6) is 0 Å². The lowest BCUT2D eigenvalue weighted by atomic mass is 9.98. The number of nitrogens with one attached hydrogen (secondary N) is 3. The number of carbonyl (C=O) groups excluding carboxylic acids is 2. The molecule has 8 heteroatoms. The van der Waals surface area contributed by atoms with Crippen molar-refractivity contribution in [2.24, 2.45) is 0 Å². The molecule has 4 rings (SSSR count). The third-order valence-corrected chi connectivity index (χ3v) is 6.05. The maximum absolute atomic E-state index is 13.9. The van der Waals surface area contributed by atoms with E-state index in [1.165, 1.54) is 23.3 Å². The Morgan fingerprint density at radius 1 is 1.00 bits per heavy atom. The van der Waals surface area contributed by atoms with E-state index in [4.69, 9.17) is 4.74 Å². The van der Waals surface area contributed by atoms with Gasteiger partial charge in [-0.05, 0) is 61.2 Å². The minimum atomic E-state index is -0.595. The Bertz CT molecular complexity index is 1220. The molecule has 1 aliphatic heterocycles. The topological polar surface area (TPSA) is 82.7 Å². The van der Waals surface area contributed by atoms with Crippen LogP contribution in [0.1, 0.15) is 34.8 Å². The molecule has 3 aromatic rings. The van der Waals surface area contributed by atoms with Gasteiger partial charge in [0, 0.05) is 44.2 Å². The van der Waals surface area contributed by atoms with Crippen molar-refractivity contribution in [2.75, 3.05) is 41.8 Å². The van der Waals surface area contributed by atoms with E-state index >= 15 is 0 Å². The van der Waals surface area contributed by atoms with E-state index in [1.807, 2.05) is 25.1 Å². The number of nitrogens with zero attached hydrogens (tertiary/aromatic N) is 1. The smallest absolute Gasteiger partial charge is 0.323 e. The summed E-state index contributed by atoms with van der Waals surface area (Å²) >= 11 is 0. The molecule has 0 saturated carbocycles. The van der Waals surface area contributed by atoms with E-state index in [2.05, 4.69) is 33.0 Å². The average molecular weight is 491 g/mol. The van der Waals surface area contributed by atoms with Crippen LogP contribution in [0.4, 0.5) is 26.2 Å². The third-order valence-electron chi connectivity index (χ3n) is 6.05. The van der Waals surface area contributed by atoms with Crippen molar-refractivity contribution in [3.8, 4) is 0 Å². The van der Waals surface area contributed by atoms with Crippen molar-refractivity contribution in [2.45, 2.75) is 26.3 Å². The molecule has 0 fully saturated rings. The van der Waals surface area contributed by atoms with E-state index in [9.17, 15) is 14.0 Å². The maximum atomic E-state index is 13.9. The Hall–Kier alpha value is -3.91. The van der Waals surface area contributed by atoms with Crippen LogP contribution in [0.15, 0.2) is 66.7 Å². The Morgan fingerprint density at radius 3 is 2.58 bits per heavy atom. The van der Waals surface area contributed by atoms with Gasteiger partial charge in [0.15, 0.2) is 0 Å². The molecule has 0 unspecified atom stereocenters. The molecular weight excluding hydrogens is 459 g/mol. The zero-order valence-corrected chi connectivity index (χ0v) is 20.4. The Morgan fingerprint density at radius 2 is 1.78 bits per heavy atom. The molecule has 0 radical (unpaired) electrons. The minimum Gasteiger partial charge on any atom is -0.382 e. The van der Waals surface area contributed by atoms with Crippen LogP contribution in [0.3, 0.4) is 0 Å². The summed E-state index contributed by atoms with van der Waals surface area (Å²) in [6.45, 7) is 5.10. The van der Waals surface area contributed by atoms with Gasteiger partial charge in [0.05, 0.1) is 11.3 Å². The van der Waals surface area contributed by atoms with Crippen molar-refractivity contribution in [1.82, 2.24) is 5.32 Å². The number of amides is 3. The van der Waals surface area contributed by atoms with Crippen LogP contribution < -0.4 is 20.9 Å². The maximum Gasteiger partial charge on any atom is 0.323 e. The number of rotatable bonds is 9. The monoisotopic (exact) mass is 490 g/mol. The lowest BCUT2D eigenvalue weighted by Crippen LogP contribution is -2.33. The van der Waals surface area contributed by atoms with Gasteiger partial charge in [-0.25, -0.2) is 9.18 Å². The van der Waals surface area contributed by atoms with E-state index in [0.717, 1.165) is 18.7 Å². The molecule has 1 aliphatic rings. The number of ether oxygens (including phenoxy) is 1. The van der Waals surface area contributed by atoms with Crippen LogP contribution in [0.2, 0.25) is 0 Å². The molecule has 0 saturated heterocycles. The van der Waals surface area contributed by atoms with Crippen LogP contribution in [0, 0.1) is 5.82 Å². The zero-order chi connectivity index (χ0) is 25.3. The highest BCUT2D eigenvalue weighted by Gasteiger charge is 2.22. The van der Waals surface area contributed by atoms with Crippen LogP contribution in [0.25, 0.3) is 0 Å². The Kier molecular flexibility index (Phi) is 8.52. The Labute approximate surface area is 210 Å². The summed E-state index contributed by atoms with van der Waals surface area (Å²) in [5.74, 6) is -0.751. The fraction of sp³-hybridized carbons (Fsp3) is 0.286. The summed E-state index contributed by atoms with van der Waals surface area (Å²) in [7, 11) is 0. The molecule has 7 nitrogen and oxygen atoms in total. The van der Waals surface area contributed by atoms with Crippen molar-refractivity contribution >= 4 is 29.0 Å². The number of fused-ring (bicyclic) bond motifs is 1. The predicted octanol–water partition coefficient (Wildman–Crippen LogP) is 5.19. The molecule has 188 valence electrons. The fourth-order valence-corrected chi connectivity index (χ4v) is 4.24. The summed E-state index contributed by atoms with van der Waals surface area (Å²) in [5.41, 5.74) is 4.33. The number of hydrogen-bond acceptors (Lipinski definition) is 4. The molecule has 0 aliphatic carbocycles. The quantitative estimate of drug-likeness (QED) is 0.361. The number of anilines is 3. The van der Waals surface area contributed by atoms with Gasteiger partial charge >= 0.3 is 6.03 Å². The summed E-state index contributed by atoms with van der Waals surface area (Å²) < 4.78 is 19.3. The van der Waals surface area contributed by atoms with E-state index in [1.54, 1.807) is 24.3 Å². The van der Waals surface area contributed by atoms with Gasteiger partial charge in [0.1, 0.15) is 5.82 Å². The Balaban J connectivity index is 1.53. The largest absolute Gasteiger partial charge is 0.382 e.